The number of rotatable bonds is 4. The molecule has 0 bridgehead atoms. The fraction of sp³-hybridized carbons (Fsp3) is 0.300. The smallest absolute Gasteiger partial charge is 0.340 e. The SMILES string of the molecule is Cc1ccccc1C(=O)O[C@H]1OC(O)[C@](C)(F)[C@@H]1OC(=O)c1ccccc1. The predicted molar refractivity (Wildman–Crippen MR) is 92.6 cm³/mol. The molecule has 0 spiro atoms. The van der Waals surface area contributed by atoms with E-state index in [0.717, 1.165) is 6.92 Å². The number of hydrogen-bond donors (Lipinski definition) is 1. The lowest BCUT2D eigenvalue weighted by Gasteiger charge is -2.25. The average Bonchev–Trinajstić information content (AvgIpc) is 2.85. The van der Waals surface area contributed by atoms with Crippen molar-refractivity contribution in [2.24, 2.45) is 0 Å². The van der Waals surface area contributed by atoms with E-state index in [0.29, 0.717) is 5.56 Å². The first-order valence-corrected chi connectivity index (χ1v) is 8.36. The highest BCUT2D eigenvalue weighted by atomic mass is 19.1. The van der Waals surface area contributed by atoms with Gasteiger partial charge in [0.25, 0.3) is 0 Å². The van der Waals surface area contributed by atoms with Crippen LogP contribution in [0.3, 0.4) is 0 Å². The molecule has 0 saturated carbocycles. The molecule has 0 amide bonds. The lowest BCUT2D eigenvalue weighted by molar-refractivity contribution is -0.186. The summed E-state index contributed by atoms with van der Waals surface area (Å²) in [5.74, 6) is -1.59. The quantitative estimate of drug-likeness (QED) is 0.829. The van der Waals surface area contributed by atoms with Crippen LogP contribution in [-0.4, -0.2) is 41.4 Å². The Kier molecular flexibility index (Phi) is 5.25. The molecule has 6 nitrogen and oxygen atoms in total. The number of carbonyl (C=O) groups is 2. The molecule has 1 aliphatic rings. The molecule has 0 aromatic heterocycles. The summed E-state index contributed by atoms with van der Waals surface area (Å²) < 4.78 is 30.3. The van der Waals surface area contributed by atoms with E-state index in [-0.39, 0.29) is 11.1 Å². The van der Waals surface area contributed by atoms with Crippen molar-refractivity contribution in [2.45, 2.75) is 38.2 Å². The van der Waals surface area contributed by atoms with E-state index in [9.17, 15) is 19.1 Å². The molecule has 7 heteroatoms. The number of hydrogen-bond acceptors (Lipinski definition) is 6. The van der Waals surface area contributed by atoms with E-state index >= 15 is 0 Å². The molecule has 1 unspecified atom stereocenters. The van der Waals surface area contributed by atoms with Gasteiger partial charge in [-0.3, -0.25) is 0 Å². The zero-order valence-electron chi connectivity index (χ0n) is 14.8. The lowest BCUT2D eigenvalue weighted by Crippen LogP contribution is -2.45. The number of esters is 2. The van der Waals surface area contributed by atoms with Gasteiger partial charge in [0.05, 0.1) is 11.1 Å². The summed E-state index contributed by atoms with van der Waals surface area (Å²) in [7, 11) is 0. The van der Waals surface area contributed by atoms with Crippen molar-refractivity contribution in [3.05, 3.63) is 71.3 Å². The number of alkyl halides is 1. The highest BCUT2D eigenvalue weighted by molar-refractivity contribution is 5.91. The third-order valence-corrected chi connectivity index (χ3v) is 4.38. The summed E-state index contributed by atoms with van der Waals surface area (Å²) in [5, 5.41) is 9.84. The summed E-state index contributed by atoms with van der Waals surface area (Å²) >= 11 is 0. The third kappa shape index (κ3) is 3.84. The minimum absolute atomic E-state index is 0.193. The first-order chi connectivity index (χ1) is 12.8. The fourth-order valence-corrected chi connectivity index (χ4v) is 2.73. The van der Waals surface area contributed by atoms with Gasteiger partial charge in [0.15, 0.2) is 6.29 Å². The highest BCUT2D eigenvalue weighted by Gasteiger charge is 2.58. The second-order valence-electron chi connectivity index (χ2n) is 6.42. The van der Waals surface area contributed by atoms with Crippen molar-refractivity contribution in [1.82, 2.24) is 0 Å². The third-order valence-electron chi connectivity index (χ3n) is 4.38. The molecule has 0 radical (unpaired) electrons. The van der Waals surface area contributed by atoms with Gasteiger partial charge in [-0.15, -0.1) is 0 Å². The maximum atomic E-state index is 14.9. The minimum Gasteiger partial charge on any atom is -0.448 e. The number of carbonyl (C=O) groups excluding carboxylic acids is 2. The van der Waals surface area contributed by atoms with E-state index in [1.807, 2.05) is 0 Å². The van der Waals surface area contributed by atoms with Gasteiger partial charge < -0.3 is 19.3 Å². The topological polar surface area (TPSA) is 82.1 Å². The normalized spacial score (nSPS) is 27.2. The summed E-state index contributed by atoms with van der Waals surface area (Å²) in [5.41, 5.74) is -1.35. The number of aryl methyl sites for hydroxylation is 1. The Morgan fingerprint density at radius 2 is 1.67 bits per heavy atom. The Labute approximate surface area is 155 Å². The monoisotopic (exact) mass is 374 g/mol. The van der Waals surface area contributed by atoms with Crippen molar-refractivity contribution in [3.8, 4) is 0 Å². The van der Waals surface area contributed by atoms with Gasteiger partial charge in [0, 0.05) is 0 Å². The molecule has 3 rings (SSSR count). The molecule has 4 atom stereocenters. The van der Waals surface area contributed by atoms with Gasteiger partial charge in [-0.25, -0.2) is 14.0 Å². The van der Waals surface area contributed by atoms with E-state index in [2.05, 4.69) is 0 Å². The summed E-state index contributed by atoms with van der Waals surface area (Å²) in [6.45, 7) is 2.73. The van der Waals surface area contributed by atoms with Gasteiger partial charge in [0.2, 0.25) is 18.1 Å². The molecular formula is C20H19FO6. The van der Waals surface area contributed by atoms with Crippen molar-refractivity contribution < 1.29 is 33.3 Å². The number of aliphatic hydroxyl groups is 1. The van der Waals surface area contributed by atoms with Crippen LogP contribution in [0.5, 0.6) is 0 Å². The molecule has 1 fully saturated rings. The van der Waals surface area contributed by atoms with Gasteiger partial charge in [0.1, 0.15) is 0 Å². The maximum Gasteiger partial charge on any atom is 0.340 e. The summed E-state index contributed by atoms with van der Waals surface area (Å²) in [6.07, 6.45) is -5.14. The Morgan fingerprint density at radius 1 is 1.04 bits per heavy atom. The standard InChI is InChI=1S/C20H19FO6/c1-12-8-6-7-11-14(12)17(23)26-18-15(20(2,21)19(24)27-18)25-16(22)13-9-4-3-5-10-13/h3-11,15,18-19,24H,1-2H3/t15-,18+,19?,20-/m1/s1. The molecule has 1 N–H and O–H groups in total. The Morgan fingerprint density at radius 3 is 2.33 bits per heavy atom. The van der Waals surface area contributed by atoms with Gasteiger partial charge in [-0.05, 0) is 37.6 Å². The molecule has 142 valence electrons. The zero-order chi connectivity index (χ0) is 19.6. The highest BCUT2D eigenvalue weighted by Crippen LogP contribution is 2.36. The van der Waals surface area contributed by atoms with Crippen LogP contribution in [0.2, 0.25) is 0 Å². The molecular weight excluding hydrogens is 355 g/mol. The summed E-state index contributed by atoms with van der Waals surface area (Å²) in [4.78, 5) is 24.7. The van der Waals surface area contributed by atoms with Crippen LogP contribution >= 0.6 is 0 Å². The molecule has 1 saturated heterocycles. The second kappa shape index (κ2) is 7.46. The van der Waals surface area contributed by atoms with Gasteiger partial charge in [-0.2, -0.15) is 0 Å². The number of benzene rings is 2. The predicted octanol–water partition coefficient (Wildman–Crippen LogP) is 2.78. The second-order valence-corrected chi connectivity index (χ2v) is 6.42. The van der Waals surface area contributed by atoms with Crippen LogP contribution in [0, 0.1) is 6.92 Å². The molecule has 1 aliphatic heterocycles. The number of halogens is 1. The minimum atomic E-state index is -2.46. The van der Waals surface area contributed by atoms with Gasteiger partial charge in [-0.1, -0.05) is 36.4 Å². The van der Waals surface area contributed by atoms with Crippen molar-refractivity contribution >= 4 is 11.9 Å². The van der Waals surface area contributed by atoms with E-state index < -0.39 is 36.3 Å². The van der Waals surface area contributed by atoms with Crippen molar-refractivity contribution in [2.75, 3.05) is 0 Å². The van der Waals surface area contributed by atoms with Crippen LogP contribution in [0.25, 0.3) is 0 Å². The maximum absolute atomic E-state index is 14.9. The molecule has 27 heavy (non-hydrogen) atoms. The van der Waals surface area contributed by atoms with Crippen LogP contribution in [0.4, 0.5) is 4.39 Å². The van der Waals surface area contributed by atoms with Crippen LogP contribution in [0.15, 0.2) is 54.6 Å². The first kappa shape index (κ1) is 19.0. The first-order valence-electron chi connectivity index (χ1n) is 8.36. The molecule has 2 aromatic carbocycles. The van der Waals surface area contributed by atoms with Crippen molar-refractivity contribution in [3.63, 3.8) is 0 Å². The van der Waals surface area contributed by atoms with Crippen LogP contribution < -0.4 is 0 Å². The van der Waals surface area contributed by atoms with E-state index in [4.69, 9.17) is 14.2 Å². The number of aliphatic hydroxyl groups excluding tert-OH is 1. The van der Waals surface area contributed by atoms with Crippen molar-refractivity contribution in [1.29, 1.82) is 0 Å². The Hall–Kier alpha value is -2.77. The largest absolute Gasteiger partial charge is 0.448 e. The Balaban J connectivity index is 1.80. The van der Waals surface area contributed by atoms with Crippen LogP contribution in [0.1, 0.15) is 33.2 Å². The molecule has 2 aromatic rings. The fourth-order valence-electron chi connectivity index (χ4n) is 2.73. The van der Waals surface area contributed by atoms with Gasteiger partial charge >= 0.3 is 11.9 Å². The Bertz CT molecular complexity index is 835. The number of ether oxygens (including phenoxy) is 3. The summed E-state index contributed by atoms with van der Waals surface area (Å²) in [6, 6.07) is 14.6. The van der Waals surface area contributed by atoms with E-state index in [1.54, 1.807) is 49.4 Å². The molecule has 1 heterocycles. The zero-order valence-corrected chi connectivity index (χ0v) is 14.8. The lowest BCUT2D eigenvalue weighted by atomic mass is 10.0. The van der Waals surface area contributed by atoms with E-state index in [1.165, 1.54) is 12.1 Å². The average molecular weight is 374 g/mol. The molecule has 0 aliphatic carbocycles. The van der Waals surface area contributed by atoms with Crippen LogP contribution in [-0.2, 0) is 14.2 Å².